The molecule has 2 aromatic heterocycles. The Balaban J connectivity index is 1.52. The summed E-state index contributed by atoms with van der Waals surface area (Å²) in [6.07, 6.45) is 8.16. The summed E-state index contributed by atoms with van der Waals surface area (Å²) in [7, 11) is 0. The summed E-state index contributed by atoms with van der Waals surface area (Å²) in [6, 6.07) is 12.3. The maximum absolute atomic E-state index is 12.6. The van der Waals surface area contributed by atoms with Crippen LogP contribution in [0.2, 0.25) is 0 Å². The van der Waals surface area contributed by atoms with Gasteiger partial charge in [-0.3, -0.25) is 4.79 Å². The number of pyridine rings is 1. The molecule has 1 saturated carbocycles. The van der Waals surface area contributed by atoms with Crippen LogP contribution in [0, 0.1) is 5.92 Å². The molecule has 0 spiro atoms. The van der Waals surface area contributed by atoms with Crippen molar-refractivity contribution in [3.63, 3.8) is 0 Å². The second kappa shape index (κ2) is 7.28. The second-order valence-electron chi connectivity index (χ2n) is 7.27. The minimum Gasteiger partial charge on any atom is -0.349 e. The molecule has 0 aliphatic heterocycles. The molecule has 134 valence electrons. The molecule has 0 saturated heterocycles. The summed E-state index contributed by atoms with van der Waals surface area (Å²) in [5.41, 5.74) is 2.58. The Labute approximate surface area is 153 Å². The fraction of sp³-hybridized carbons (Fsp3) is 0.381. The summed E-state index contributed by atoms with van der Waals surface area (Å²) in [5.74, 6) is 0.506. The van der Waals surface area contributed by atoms with Gasteiger partial charge in [0.1, 0.15) is 0 Å². The van der Waals surface area contributed by atoms with Crippen LogP contribution in [0.1, 0.15) is 48.5 Å². The van der Waals surface area contributed by atoms with Crippen LogP contribution in [-0.2, 0) is 6.54 Å². The molecule has 5 nitrogen and oxygen atoms in total. The number of amides is 1. The van der Waals surface area contributed by atoms with E-state index in [4.69, 9.17) is 0 Å². The third-order valence-corrected chi connectivity index (χ3v) is 5.34. The van der Waals surface area contributed by atoms with Crippen LogP contribution in [0.4, 0.5) is 0 Å². The van der Waals surface area contributed by atoms with Crippen molar-refractivity contribution in [2.24, 2.45) is 5.92 Å². The van der Waals surface area contributed by atoms with E-state index in [1.165, 1.54) is 24.8 Å². The zero-order valence-electron chi connectivity index (χ0n) is 15.1. The van der Waals surface area contributed by atoms with Gasteiger partial charge in [0.15, 0.2) is 5.65 Å². The number of aromatic nitrogens is 3. The van der Waals surface area contributed by atoms with Crippen molar-refractivity contribution in [3.8, 4) is 0 Å². The van der Waals surface area contributed by atoms with Gasteiger partial charge in [-0.05, 0) is 30.4 Å². The topological polar surface area (TPSA) is 59.8 Å². The smallest absolute Gasteiger partial charge is 0.253 e. The second-order valence-corrected chi connectivity index (χ2v) is 7.27. The average molecular weight is 348 g/mol. The van der Waals surface area contributed by atoms with Gasteiger partial charge in [0.05, 0.1) is 18.3 Å². The van der Waals surface area contributed by atoms with Crippen molar-refractivity contribution < 1.29 is 4.79 Å². The Bertz CT molecular complexity index is 903. The molecule has 1 aliphatic rings. The molecule has 1 fully saturated rings. The van der Waals surface area contributed by atoms with Gasteiger partial charge in [0.25, 0.3) is 5.91 Å². The first-order chi connectivity index (χ1) is 12.7. The SMILES string of the molecule is C[C@@H]1CCCC[C@@H]1NC(=O)c1cnc2c(cnn2Cc2ccccc2)c1. The summed E-state index contributed by atoms with van der Waals surface area (Å²) in [4.78, 5) is 17.1. The Kier molecular flexibility index (Phi) is 4.69. The van der Waals surface area contributed by atoms with E-state index in [1.807, 2.05) is 28.9 Å². The number of rotatable bonds is 4. The first-order valence-electron chi connectivity index (χ1n) is 9.37. The molecule has 26 heavy (non-hydrogen) atoms. The van der Waals surface area contributed by atoms with Crippen molar-refractivity contribution in [2.45, 2.75) is 45.2 Å². The van der Waals surface area contributed by atoms with E-state index >= 15 is 0 Å². The number of carbonyl (C=O) groups is 1. The number of nitrogens with zero attached hydrogens (tertiary/aromatic N) is 3. The van der Waals surface area contributed by atoms with E-state index < -0.39 is 0 Å². The maximum Gasteiger partial charge on any atom is 0.253 e. The van der Waals surface area contributed by atoms with Crippen molar-refractivity contribution in [2.75, 3.05) is 0 Å². The lowest BCUT2D eigenvalue weighted by Gasteiger charge is -2.29. The maximum atomic E-state index is 12.6. The Morgan fingerprint density at radius 2 is 2.00 bits per heavy atom. The van der Waals surface area contributed by atoms with Gasteiger partial charge in [-0.15, -0.1) is 0 Å². The zero-order valence-corrected chi connectivity index (χ0v) is 15.1. The predicted molar refractivity (Wildman–Crippen MR) is 102 cm³/mol. The van der Waals surface area contributed by atoms with Gasteiger partial charge >= 0.3 is 0 Å². The summed E-state index contributed by atoms with van der Waals surface area (Å²) >= 11 is 0. The highest BCUT2D eigenvalue weighted by molar-refractivity contribution is 5.97. The first-order valence-corrected chi connectivity index (χ1v) is 9.37. The van der Waals surface area contributed by atoms with Crippen LogP contribution in [0.5, 0.6) is 0 Å². The van der Waals surface area contributed by atoms with Gasteiger partial charge in [0.2, 0.25) is 0 Å². The monoisotopic (exact) mass is 348 g/mol. The molecule has 2 heterocycles. The van der Waals surface area contributed by atoms with E-state index in [1.54, 1.807) is 12.4 Å². The van der Waals surface area contributed by atoms with Crippen molar-refractivity contribution in [1.82, 2.24) is 20.1 Å². The van der Waals surface area contributed by atoms with Gasteiger partial charge in [0, 0.05) is 17.6 Å². The lowest BCUT2D eigenvalue weighted by atomic mass is 9.86. The van der Waals surface area contributed by atoms with Crippen LogP contribution in [0.3, 0.4) is 0 Å². The van der Waals surface area contributed by atoms with Crippen molar-refractivity contribution in [3.05, 3.63) is 59.9 Å². The highest BCUT2D eigenvalue weighted by Gasteiger charge is 2.23. The molecule has 1 aliphatic carbocycles. The first kappa shape index (κ1) is 16.8. The van der Waals surface area contributed by atoms with Crippen molar-refractivity contribution in [1.29, 1.82) is 0 Å². The van der Waals surface area contributed by atoms with Gasteiger partial charge in [-0.1, -0.05) is 50.1 Å². The van der Waals surface area contributed by atoms with E-state index in [0.29, 0.717) is 18.0 Å². The third-order valence-electron chi connectivity index (χ3n) is 5.34. The number of hydrogen-bond donors (Lipinski definition) is 1. The molecule has 0 radical (unpaired) electrons. The molecule has 1 N–H and O–H groups in total. The predicted octanol–water partition coefficient (Wildman–Crippen LogP) is 3.79. The number of carbonyl (C=O) groups excluding carboxylic acids is 1. The van der Waals surface area contributed by atoms with Gasteiger partial charge in [-0.25, -0.2) is 9.67 Å². The van der Waals surface area contributed by atoms with Gasteiger partial charge in [-0.2, -0.15) is 5.10 Å². The summed E-state index contributed by atoms with van der Waals surface area (Å²) in [5, 5.41) is 8.53. The Hall–Kier alpha value is -2.69. The number of hydrogen-bond acceptors (Lipinski definition) is 3. The normalized spacial score (nSPS) is 20.2. The number of nitrogens with one attached hydrogen (secondary N) is 1. The van der Waals surface area contributed by atoms with Crippen LogP contribution >= 0.6 is 0 Å². The van der Waals surface area contributed by atoms with E-state index in [0.717, 1.165) is 17.5 Å². The average Bonchev–Trinajstić information content (AvgIpc) is 3.06. The minimum absolute atomic E-state index is 0.0334. The molecule has 3 aromatic rings. The van der Waals surface area contributed by atoms with E-state index in [2.05, 4.69) is 34.5 Å². The van der Waals surface area contributed by atoms with Crippen LogP contribution in [0.15, 0.2) is 48.8 Å². The molecular formula is C21H24N4O. The molecular weight excluding hydrogens is 324 g/mol. The molecule has 5 heteroatoms. The molecule has 4 rings (SSSR count). The molecule has 0 unspecified atom stereocenters. The number of benzene rings is 1. The van der Waals surface area contributed by atoms with Crippen LogP contribution in [0.25, 0.3) is 11.0 Å². The quantitative estimate of drug-likeness (QED) is 0.780. The highest BCUT2D eigenvalue weighted by Crippen LogP contribution is 2.24. The lowest BCUT2D eigenvalue weighted by Crippen LogP contribution is -2.41. The molecule has 1 aromatic carbocycles. The molecule has 1 amide bonds. The van der Waals surface area contributed by atoms with Crippen LogP contribution < -0.4 is 5.32 Å². The fourth-order valence-corrected chi connectivity index (χ4v) is 3.75. The minimum atomic E-state index is -0.0334. The van der Waals surface area contributed by atoms with E-state index in [9.17, 15) is 4.79 Å². The van der Waals surface area contributed by atoms with Crippen molar-refractivity contribution >= 4 is 16.9 Å². The third kappa shape index (κ3) is 3.47. The molecule has 0 bridgehead atoms. The molecule has 2 atom stereocenters. The Morgan fingerprint density at radius 1 is 1.19 bits per heavy atom. The van der Waals surface area contributed by atoms with E-state index in [-0.39, 0.29) is 11.9 Å². The summed E-state index contributed by atoms with van der Waals surface area (Å²) in [6.45, 7) is 2.89. The van der Waals surface area contributed by atoms with Gasteiger partial charge < -0.3 is 5.32 Å². The Morgan fingerprint density at radius 3 is 2.81 bits per heavy atom. The lowest BCUT2D eigenvalue weighted by molar-refractivity contribution is 0.0910. The highest BCUT2D eigenvalue weighted by atomic mass is 16.1. The standard InChI is InChI=1S/C21H24N4O/c1-15-7-5-6-10-19(15)24-21(26)18-11-17-13-23-25(20(17)22-12-18)14-16-8-3-2-4-9-16/h2-4,8-9,11-13,15,19H,5-7,10,14H2,1H3,(H,24,26)/t15-,19+/m1/s1. The fourth-order valence-electron chi connectivity index (χ4n) is 3.75. The zero-order chi connectivity index (χ0) is 17.9. The largest absolute Gasteiger partial charge is 0.349 e. The summed E-state index contributed by atoms with van der Waals surface area (Å²) < 4.78 is 1.87. The number of fused-ring (bicyclic) bond motifs is 1. The van der Waals surface area contributed by atoms with Crippen LogP contribution in [-0.4, -0.2) is 26.7 Å².